The van der Waals surface area contributed by atoms with Crippen LogP contribution < -0.4 is 27.0 Å². The fourth-order valence-corrected chi connectivity index (χ4v) is 4.85. The Morgan fingerprint density at radius 1 is 0.761 bits per heavy atom. The van der Waals surface area contributed by atoms with E-state index in [0.29, 0.717) is 0 Å². The van der Waals surface area contributed by atoms with Gasteiger partial charge in [0.15, 0.2) is 0 Å². The molecule has 2 aliphatic rings. The van der Waals surface area contributed by atoms with Gasteiger partial charge >= 0.3 is 30.2 Å². The number of benzene rings is 1. The fourth-order valence-electron chi connectivity index (χ4n) is 4.85. The zero-order valence-electron chi connectivity index (χ0n) is 28.0. The first-order chi connectivity index (χ1) is 20.9. The van der Waals surface area contributed by atoms with Crippen LogP contribution in [-0.2, 0) is 54.2 Å². The Hall–Kier alpha value is -3.78. The van der Waals surface area contributed by atoms with Crippen LogP contribution in [0.5, 0.6) is 0 Å². The second-order valence-corrected chi connectivity index (χ2v) is 12.8. The van der Waals surface area contributed by atoms with Crippen molar-refractivity contribution in [2.75, 3.05) is 32.6 Å². The molecule has 0 heterocycles. The zero-order valence-corrected chi connectivity index (χ0v) is 28.9. The van der Waals surface area contributed by atoms with Gasteiger partial charge in [-0.25, -0.2) is 19.2 Å². The molecule has 6 N–H and O–H groups in total. The molecule has 0 radical (unpaired) electrons. The zero-order chi connectivity index (χ0) is 33.9. The van der Waals surface area contributed by atoms with Crippen molar-refractivity contribution < 1.29 is 42.9 Å². The van der Waals surface area contributed by atoms with Gasteiger partial charge in [0, 0.05) is 12.2 Å². The second-order valence-electron chi connectivity index (χ2n) is 12.8. The standard InChI is InChI=1S/C22H31N3O5.C9H18N2O4.ClH/c1-22(2,3)30-21(28)23-12-17(19(26)29-4)24-20(27)25-18-15-9-5-7-13(15)11-14-8-6-10-16(14)18;1-9(2,3)15-8(13)11-5-6(10)7(12)14-4;/h11,17H,5-10,12H2,1-4H3,(H,23,28)(H2,24,25,27);6H,5,10H2,1-4H3,(H,11,13);1H/t17-;6-;/m11./s1. The minimum atomic E-state index is -1.03. The number of nitrogens with one attached hydrogen (secondary N) is 4. The third-order valence-corrected chi connectivity index (χ3v) is 6.72. The molecular weight excluding hydrogens is 622 g/mol. The van der Waals surface area contributed by atoms with E-state index >= 15 is 0 Å². The van der Waals surface area contributed by atoms with E-state index < -0.39 is 53.4 Å². The monoisotopic (exact) mass is 671 g/mol. The molecule has 0 saturated carbocycles. The topological polar surface area (TPSA) is 196 Å². The van der Waals surface area contributed by atoms with Gasteiger partial charge in [0.2, 0.25) is 0 Å². The summed E-state index contributed by atoms with van der Waals surface area (Å²) in [5.41, 5.74) is 10.1. The first-order valence-electron chi connectivity index (χ1n) is 15.0. The van der Waals surface area contributed by atoms with Gasteiger partial charge in [-0.3, -0.25) is 4.79 Å². The second kappa shape index (κ2) is 17.8. The lowest BCUT2D eigenvalue weighted by Crippen LogP contribution is -2.50. The van der Waals surface area contributed by atoms with Crippen LogP contribution in [-0.4, -0.2) is 80.8 Å². The third-order valence-electron chi connectivity index (χ3n) is 6.72. The number of fused-ring (bicyclic) bond motifs is 2. The molecule has 3 rings (SSSR count). The van der Waals surface area contributed by atoms with Gasteiger partial charge in [0.1, 0.15) is 23.3 Å². The van der Waals surface area contributed by atoms with Crippen LogP contribution in [0.4, 0.5) is 20.1 Å². The summed E-state index contributed by atoms with van der Waals surface area (Å²) >= 11 is 0. The summed E-state index contributed by atoms with van der Waals surface area (Å²) in [7, 11) is 2.47. The number of hydrogen-bond donors (Lipinski definition) is 5. The van der Waals surface area contributed by atoms with E-state index in [1.807, 2.05) is 0 Å². The molecule has 0 aromatic heterocycles. The molecule has 4 amide bonds. The highest BCUT2D eigenvalue weighted by Crippen LogP contribution is 2.38. The van der Waals surface area contributed by atoms with Gasteiger partial charge in [-0.05, 0) is 102 Å². The number of aryl methyl sites for hydroxylation is 2. The summed E-state index contributed by atoms with van der Waals surface area (Å²) in [6.07, 6.45) is 4.84. The van der Waals surface area contributed by atoms with Crippen molar-refractivity contribution in [2.24, 2.45) is 5.73 Å². The summed E-state index contributed by atoms with van der Waals surface area (Å²) < 4.78 is 19.3. The van der Waals surface area contributed by atoms with E-state index in [0.717, 1.165) is 44.2 Å². The minimum absolute atomic E-state index is 0. The molecule has 2 aliphatic carbocycles. The van der Waals surface area contributed by atoms with Gasteiger partial charge in [-0.15, -0.1) is 12.4 Å². The maximum atomic E-state index is 12.7. The number of nitrogens with two attached hydrogens (primary N) is 1. The van der Waals surface area contributed by atoms with Crippen molar-refractivity contribution in [2.45, 2.75) is 103 Å². The van der Waals surface area contributed by atoms with Crippen LogP contribution in [0, 0.1) is 0 Å². The lowest BCUT2D eigenvalue weighted by atomic mass is 9.99. The van der Waals surface area contributed by atoms with E-state index in [4.69, 9.17) is 19.9 Å². The summed E-state index contributed by atoms with van der Waals surface area (Å²) in [4.78, 5) is 58.8. The fraction of sp³-hybridized carbons (Fsp3) is 0.645. The smallest absolute Gasteiger partial charge is 0.407 e. The van der Waals surface area contributed by atoms with Crippen LogP contribution in [0.3, 0.4) is 0 Å². The van der Waals surface area contributed by atoms with Crippen LogP contribution in [0.25, 0.3) is 0 Å². The first kappa shape index (κ1) is 40.2. The number of carbonyl (C=O) groups excluding carboxylic acids is 5. The van der Waals surface area contributed by atoms with Crippen molar-refractivity contribution in [3.8, 4) is 0 Å². The number of halogens is 1. The normalized spacial score (nSPS) is 14.4. The van der Waals surface area contributed by atoms with Gasteiger partial charge in [0.25, 0.3) is 0 Å². The number of hydrogen-bond acceptors (Lipinski definition) is 10. The number of carbonyl (C=O) groups is 5. The van der Waals surface area contributed by atoms with Crippen molar-refractivity contribution in [3.05, 3.63) is 28.3 Å². The minimum Gasteiger partial charge on any atom is -0.468 e. The van der Waals surface area contributed by atoms with Crippen molar-refractivity contribution in [3.63, 3.8) is 0 Å². The molecule has 46 heavy (non-hydrogen) atoms. The summed E-state index contributed by atoms with van der Waals surface area (Å²) in [5, 5.41) is 10.5. The third kappa shape index (κ3) is 13.3. The number of esters is 2. The number of anilines is 1. The van der Waals surface area contributed by atoms with E-state index in [9.17, 15) is 24.0 Å². The van der Waals surface area contributed by atoms with Crippen LogP contribution in [0.2, 0.25) is 0 Å². The highest BCUT2D eigenvalue weighted by Gasteiger charge is 2.28. The lowest BCUT2D eigenvalue weighted by molar-refractivity contribution is -0.143. The van der Waals surface area contributed by atoms with E-state index in [1.165, 1.54) is 36.5 Å². The number of ether oxygens (including phenoxy) is 4. The SMILES string of the molecule is COC(=O)[C@@H](CNC(=O)OC(C)(C)C)NC(=O)Nc1c2c(cc3c1CCC3)CCC2.COC(=O)[C@H](N)CNC(=O)OC(C)(C)C.Cl. The molecule has 0 saturated heterocycles. The molecular formula is C31H50ClN5O9. The van der Waals surface area contributed by atoms with Crippen LogP contribution in [0.15, 0.2) is 6.07 Å². The molecule has 0 bridgehead atoms. The molecule has 1 aromatic carbocycles. The predicted octanol–water partition coefficient (Wildman–Crippen LogP) is 3.29. The van der Waals surface area contributed by atoms with E-state index in [-0.39, 0.29) is 25.5 Å². The highest BCUT2D eigenvalue weighted by atomic mass is 35.5. The van der Waals surface area contributed by atoms with Gasteiger partial charge in [0.05, 0.1) is 20.8 Å². The Balaban J connectivity index is 0.000000564. The Morgan fingerprint density at radius 2 is 1.22 bits per heavy atom. The Bertz CT molecular complexity index is 1210. The van der Waals surface area contributed by atoms with Crippen molar-refractivity contribution in [1.82, 2.24) is 16.0 Å². The number of urea groups is 1. The van der Waals surface area contributed by atoms with Crippen LogP contribution in [0.1, 0.15) is 76.6 Å². The largest absolute Gasteiger partial charge is 0.468 e. The summed E-state index contributed by atoms with van der Waals surface area (Å²) in [6.45, 7) is 10.3. The summed E-state index contributed by atoms with van der Waals surface area (Å²) in [5.74, 6) is -1.23. The van der Waals surface area contributed by atoms with Gasteiger partial charge in [-0.2, -0.15) is 0 Å². The average molecular weight is 672 g/mol. The quantitative estimate of drug-likeness (QED) is 0.202. The highest BCUT2D eigenvalue weighted by molar-refractivity contribution is 5.95. The van der Waals surface area contributed by atoms with Crippen molar-refractivity contribution in [1.29, 1.82) is 0 Å². The van der Waals surface area contributed by atoms with E-state index in [2.05, 4.69) is 32.1 Å². The number of rotatable bonds is 8. The molecule has 0 aliphatic heterocycles. The maximum Gasteiger partial charge on any atom is 0.407 e. The molecule has 0 unspecified atom stereocenters. The van der Waals surface area contributed by atoms with Gasteiger partial charge in [-0.1, -0.05) is 6.07 Å². The number of methoxy groups -OCH3 is 2. The molecule has 0 fully saturated rings. The van der Waals surface area contributed by atoms with Gasteiger partial charge < -0.3 is 45.9 Å². The molecule has 14 nitrogen and oxygen atoms in total. The molecule has 2 atom stereocenters. The molecule has 260 valence electrons. The average Bonchev–Trinajstić information content (AvgIpc) is 3.61. The molecule has 0 spiro atoms. The predicted molar refractivity (Wildman–Crippen MR) is 174 cm³/mol. The first-order valence-corrected chi connectivity index (χ1v) is 15.0. The van der Waals surface area contributed by atoms with E-state index in [1.54, 1.807) is 41.5 Å². The molecule has 1 aromatic rings. The maximum absolute atomic E-state index is 12.7. The number of alkyl carbamates (subject to hydrolysis) is 2. The Kier molecular flexibility index (Phi) is 15.6. The Morgan fingerprint density at radius 3 is 1.65 bits per heavy atom. The van der Waals surface area contributed by atoms with Crippen LogP contribution >= 0.6 is 12.4 Å². The number of amides is 4. The Labute approximate surface area is 277 Å². The molecule has 15 heteroatoms. The summed E-state index contributed by atoms with van der Waals surface area (Å²) in [6, 6.07) is -0.115. The lowest BCUT2D eigenvalue weighted by Gasteiger charge is -2.22. The van der Waals surface area contributed by atoms with Crippen molar-refractivity contribution >= 4 is 48.3 Å².